The number of carbonyl (C=O) groups is 2. The average molecular weight is 598 g/mol. The quantitative estimate of drug-likeness (QED) is 0.166. The lowest BCUT2D eigenvalue weighted by Crippen LogP contribution is -2.69. The zero-order chi connectivity index (χ0) is 30.4. The number of piperidine rings is 1. The topological polar surface area (TPSA) is 90.0 Å². The van der Waals surface area contributed by atoms with E-state index in [1.165, 1.54) is 12.1 Å². The first-order chi connectivity index (χ1) is 19.0. The molecule has 1 aliphatic carbocycles. The zero-order valence-corrected chi connectivity index (χ0v) is 27.2. The summed E-state index contributed by atoms with van der Waals surface area (Å²) in [5.74, 6) is -2.90. The van der Waals surface area contributed by atoms with Crippen LogP contribution in [-0.2, 0) is 35.4 Å². The number of benzene rings is 2. The third kappa shape index (κ3) is 5.56. The van der Waals surface area contributed by atoms with Gasteiger partial charge in [-0.1, -0.05) is 94.8 Å². The second-order valence-corrected chi connectivity index (χ2v) is 19.7. The number of amides is 1. The molecule has 7 nitrogen and oxygen atoms in total. The van der Waals surface area contributed by atoms with Crippen LogP contribution in [0.3, 0.4) is 0 Å². The molecule has 1 amide bonds. The number of allylic oxidation sites excluding steroid dienone is 2. The third-order valence-electron chi connectivity index (χ3n) is 9.25. The van der Waals surface area contributed by atoms with Crippen molar-refractivity contribution >= 4 is 30.2 Å². The molecule has 2 aromatic carbocycles. The van der Waals surface area contributed by atoms with Crippen LogP contribution >= 0.6 is 0 Å². The molecule has 41 heavy (non-hydrogen) atoms. The summed E-state index contributed by atoms with van der Waals surface area (Å²) in [6.45, 7) is 16.0. The van der Waals surface area contributed by atoms with Crippen molar-refractivity contribution in [2.45, 2.75) is 77.3 Å². The highest BCUT2D eigenvalue weighted by molar-refractivity contribution is 7.89. The van der Waals surface area contributed by atoms with E-state index in [9.17, 15) is 18.0 Å². The van der Waals surface area contributed by atoms with Crippen LogP contribution in [0.1, 0.15) is 45.7 Å². The molecule has 1 saturated heterocycles. The second-order valence-electron chi connectivity index (χ2n) is 13.1. The highest BCUT2D eigenvalue weighted by atomic mass is 32.2. The number of esters is 1. The van der Waals surface area contributed by atoms with Gasteiger partial charge in [0.25, 0.3) is 15.9 Å². The van der Waals surface area contributed by atoms with Crippen LogP contribution in [-0.4, -0.2) is 45.6 Å². The van der Waals surface area contributed by atoms with Gasteiger partial charge in [-0.15, -0.1) is 0 Å². The number of ether oxygens (including phenoxy) is 1. The van der Waals surface area contributed by atoms with E-state index in [1.54, 1.807) is 19.1 Å². The number of sulfonamides is 1. The van der Waals surface area contributed by atoms with Gasteiger partial charge in [-0.3, -0.25) is 9.59 Å². The van der Waals surface area contributed by atoms with Gasteiger partial charge in [0.1, 0.15) is 6.61 Å². The Bertz CT molecular complexity index is 1410. The lowest BCUT2D eigenvalue weighted by atomic mass is 9.56. The number of hydrogen-bond acceptors (Lipinski definition) is 6. The maximum absolute atomic E-state index is 14.7. The number of hydrogen-bond donors (Lipinski definition) is 0. The molecule has 0 aromatic heterocycles. The van der Waals surface area contributed by atoms with Gasteiger partial charge in [-0.2, -0.15) is 0 Å². The first-order valence-electron chi connectivity index (χ1n) is 14.2. The van der Waals surface area contributed by atoms with Crippen LogP contribution in [0.4, 0.5) is 0 Å². The fraction of sp³-hybridized carbons (Fsp3) is 0.500. The van der Waals surface area contributed by atoms with E-state index in [1.807, 2.05) is 56.3 Å². The van der Waals surface area contributed by atoms with Gasteiger partial charge in [0, 0.05) is 5.92 Å². The van der Waals surface area contributed by atoms with Crippen molar-refractivity contribution in [2.75, 3.05) is 6.54 Å². The van der Waals surface area contributed by atoms with E-state index < -0.39 is 53.6 Å². The summed E-state index contributed by atoms with van der Waals surface area (Å²) in [5, 5.41) is -0.176. The largest absolute Gasteiger partial charge is 0.460 e. The Morgan fingerprint density at radius 2 is 1.63 bits per heavy atom. The normalized spacial score (nSPS) is 26.9. The Labute approximate surface area is 246 Å². The van der Waals surface area contributed by atoms with Gasteiger partial charge >= 0.3 is 5.97 Å². The van der Waals surface area contributed by atoms with E-state index >= 15 is 0 Å². The van der Waals surface area contributed by atoms with Gasteiger partial charge in [0.2, 0.25) is 0 Å². The summed E-state index contributed by atoms with van der Waals surface area (Å²) >= 11 is 0. The van der Waals surface area contributed by atoms with Crippen LogP contribution in [0.25, 0.3) is 0 Å². The molecule has 5 atom stereocenters. The number of fused-ring (bicyclic) bond motifs is 1. The molecule has 9 heteroatoms. The highest BCUT2D eigenvalue weighted by Gasteiger charge is 2.67. The number of nitrogens with zero attached hydrogens (tertiary/aromatic N) is 1. The first kappa shape index (κ1) is 31.2. The molecule has 0 radical (unpaired) electrons. The standard InChI is InChI=1S/C32H43NO6SSi/c1-22-14-18-26(19-15-22)40(36,37)33-20-27(39-41(7,8)31(4,5)6)28-23(2)16-17-24(3)32(28,29(33)34)30(35)38-21-25-12-10-9-11-13-25/h9-19,23-24,27-28H,20-21H2,1-8H3/t23?,24?,27-,28-,32+/m1/s1. The molecule has 1 fully saturated rings. The highest BCUT2D eigenvalue weighted by Crippen LogP contribution is 2.54. The lowest BCUT2D eigenvalue weighted by molar-refractivity contribution is -0.186. The number of carbonyl (C=O) groups excluding carboxylic acids is 2. The molecule has 0 spiro atoms. The summed E-state index contributed by atoms with van der Waals surface area (Å²) in [4.78, 5) is 29.0. The van der Waals surface area contributed by atoms with Crippen molar-refractivity contribution in [1.29, 1.82) is 0 Å². The molecule has 2 aliphatic rings. The Kier molecular flexibility index (Phi) is 8.48. The molecular formula is C32H43NO6SSi. The Balaban J connectivity index is 1.88. The van der Waals surface area contributed by atoms with Crippen molar-refractivity contribution in [3.8, 4) is 0 Å². The molecule has 4 rings (SSSR count). The molecule has 1 aliphatic heterocycles. The molecule has 2 unspecified atom stereocenters. The number of rotatable bonds is 7. The summed E-state index contributed by atoms with van der Waals surface area (Å²) in [5.41, 5.74) is -0.0947. The SMILES string of the molecule is Cc1ccc(S(=O)(=O)N2C[C@@H](O[Si](C)(C)C(C)(C)C)[C@H]3C(C)C=CC(C)[C@@]3(C(=O)OCc3ccccc3)C2=O)cc1. The lowest BCUT2D eigenvalue weighted by Gasteiger charge is -2.55. The van der Waals surface area contributed by atoms with E-state index in [-0.39, 0.29) is 29.0 Å². The van der Waals surface area contributed by atoms with Crippen LogP contribution in [0.2, 0.25) is 18.1 Å². The van der Waals surface area contributed by atoms with Gasteiger partial charge in [-0.25, -0.2) is 12.7 Å². The predicted octanol–water partition coefficient (Wildman–Crippen LogP) is 6.10. The van der Waals surface area contributed by atoms with E-state index in [0.717, 1.165) is 15.4 Å². The minimum atomic E-state index is -4.29. The molecule has 1 heterocycles. The molecule has 0 bridgehead atoms. The summed E-state index contributed by atoms with van der Waals surface area (Å²) in [6, 6.07) is 15.7. The van der Waals surface area contributed by atoms with Crippen molar-refractivity contribution in [3.05, 3.63) is 77.9 Å². The zero-order valence-electron chi connectivity index (χ0n) is 25.4. The molecule has 0 saturated carbocycles. The monoisotopic (exact) mass is 597 g/mol. The van der Waals surface area contributed by atoms with Gasteiger partial charge < -0.3 is 9.16 Å². The van der Waals surface area contributed by atoms with E-state index in [2.05, 4.69) is 33.9 Å². The molecular weight excluding hydrogens is 555 g/mol. The number of aryl methyl sites for hydroxylation is 1. The Morgan fingerprint density at radius 1 is 1.02 bits per heavy atom. The van der Waals surface area contributed by atoms with Crippen molar-refractivity contribution in [1.82, 2.24) is 4.31 Å². The maximum Gasteiger partial charge on any atom is 0.323 e. The van der Waals surface area contributed by atoms with Crippen molar-refractivity contribution in [2.24, 2.45) is 23.2 Å². The minimum absolute atomic E-state index is 0.000771. The average Bonchev–Trinajstić information content (AvgIpc) is 2.90. The first-order valence-corrected chi connectivity index (χ1v) is 18.6. The van der Waals surface area contributed by atoms with E-state index in [4.69, 9.17) is 9.16 Å². The predicted molar refractivity (Wildman–Crippen MR) is 162 cm³/mol. The van der Waals surface area contributed by atoms with Gasteiger partial charge in [0.15, 0.2) is 13.7 Å². The summed E-state index contributed by atoms with van der Waals surface area (Å²) < 4.78 is 41.9. The van der Waals surface area contributed by atoms with Crippen LogP contribution in [0, 0.1) is 30.1 Å². The summed E-state index contributed by atoms with van der Waals surface area (Å²) in [6.07, 6.45) is 3.16. The summed E-state index contributed by atoms with van der Waals surface area (Å²) in [7, 11) is -6.76. The fourth-order valence-corrected chi connectivity index (χ4v) is 8.61. The van der Waals surface area contributed by atoms with Crippen molar-refractivity contribution < 1.29 is 27.2 Å². The second kappa shape index (κ2) is 11.2. The van der Waals surface area contributed by atoms with E-state index in [0.29, 0.717) is 0 Å². The van der Waals surface area contributed by atoms with Gasteiger partial charge in [-0.05, 0) is 54.6 Å². The smallest absolute Gasteiger partial charge is 0.323 e. The van der Waals surface area contributed by atoms with Crippen LogP contribution in [0.5, 0.6) is 0 Å². The Hall–Kier alpha value is -2.75. The fourth-order valence-electron chi connectivity index (χ4n) is 5.83. The minimum Gasteiger partial charge on any atom is -0.460 e. The van der Waals surface area contributed by atoms with Gasteiger partial charge in [0.05, 0.1) is 17.5 Å². The van der Waals surface area contributed by atoms with Crippen LogP contribution in [0.15, 0.2) is 71.6 Å². The molecule has 0 N–H and O–H groups in total. The Morgan fingerprint density at radius 3 is 2.22 bits per heavy atom. The third-order valence-corrected chi connectivity index (χ3v) is 15.5. The molecule has 2 aromatic rings. The maximum atomic E-state index is 14.7. The van der Waals surface area contributed by atoms with Crippen molar-refractivity contribution in [3.63, 3.8) is 0 Å². The van der Waals surface area contributed by atoms with Crippen LogP contribution < -0.4 is 0 Å². The molecule has 222 valence electrons.